The Bertz CT molecular complexity index is 521. The van der Waals surface area contributed by atoms with Crippen LogP contribution in [0.2, 0.25) is 0 Å². The van der Waals surface area contributed by atoms with Gasteiger partial charge in [-0.25, -0.2) is 17.2 Å². The van der Waals surface area contributed by atoms with Crippen molar-refractivity contribution in [2.45, 2.75) is 25.5 Å². The van der Waals surface area contributed by atoms with Crippen molar-refractivity contribution >= 4 is 15.5 Å². The number of hydrogen-bond donors (Lipinski definition) is 1. The first-order chi connectivity index (χ1) is 8.13. The van der Waals surface area contributed by atoms with Crippen molar-refractivity contribution in [1.29, 1.82) is 0 Å². The molecule has 3 nitrogen and oxygen atoms in total. The molecule has 0 saturated heterocycles. The first kappa shape index (κ1) is 14.9. The van der Waals surface area contributed by atoms with Crippen LogP contribution in [0.4, 0.5) is 14.5 Å². The molecular weight excluding hydrogens is 260 g/mol. The molecule has 1 aromatic rings. The van der Waals surface area contributed by atoms with Crippen LogP contribution in [-0.4, -0.2) is 25.5 Å². The number of nitrogens with one attached hydrogen (secondary N) is 1. The maximum Gasteiger partial charge on any atom is 0.160 e. The fourth-order valence-electron chi connectivity index (χ4n) is 1.24. The van der Waals surface area contributed by atoms with Crippen LogP contribution in [0.1, 0.15) is 20.8 Å². The van der Waals surface area contributed by atoms with E-state index in [2.05, 4.69) is 5.32 Å². The summed E-state index contributed by atoms with van der Waals surface area (Å²) in [7, 11) is -3.22. The molecule has 1 rings (SSSR count). The third-order valence-electron chi connectivity index (χ3n) is 2.55. The molecule has 0 heterocycles. The van der Waals surface area contributed by atoms with Gasteiger partial charge in [0, 0.05) is 12.2 Å². The van der Waals surface area contributed by atoms with Crippen molar-refractivity contribution in [3.05, 3.63) is 29.8 Å². The van der Waals surface area contributed by atoms with E-state index in [1.165, 1.54) is 6.07 Å². The molecule has 0 radical (unpaired) electrons. The number of anilines is 1. The summed E-state index contributed by atoms with van der Waals surface area (Å²) in [5.74, 6) is -1.95. The molecule has 1 N–H and O–H groups in total. The normalized spacial score (nSPS) is 12.5. The summed E-state index contributed by atoms with van der Waals surface area (Å²) >= 11 is 0. The van der Waals surface area contributed by atoms with Gasteiger partial charge >= 0.3 is 0 Å². The van der Waals surface area contributed by atoms with Crippen LogP contribution in [0.15, 0.2) is 18.2 Å². The zero-order valence-corrected chi connectivity index (χ0v) is 11.4. The Labute approximate surface area is 106 Å². The molecule has 0 fully saturated rings. The lowest BCUT2D eigenvalue weighted by Crippen LogP contribution is -2.32. The van der Waals surface area contributed by atoms with Gasteiger partial charge in [-0.15, -0.1) is 0 Å². The molecule has 0 aliphatic rings. The SMILES string of the molecule is CC(C)(C)S(=O)(=O)CCNc1ccc(F)c(F)c1. The Balaban J connectivity index is 2.60. The van der Waals surface area contributed by atoms with E-state index in [-0.39, 0.29) is 12.3 Å². The monoisotopic (exact) mass is 277 g/mol. The van der Waals surface area contributed by atoms with Crippen molar-refractivity contribution in [3.8, 4) is 0 Å². The summed E-state index contributed by atoms with van der Waals surface area (Å²) < 4.78 is 48.3. The van der Waals surface area contributed by atoms with Gasteiger partial charge in [0.1, 0.15) is 0 Å². The number of hydrogen-bond acceptors (Lipinski definition) is 3. The van der Waals surface area contributed by atoms with E-state index in [1.807, 2.05) is 0 Å². The molecule has 0 saturated carbocycles. The van der Waals surface area contributed by atoms with Crippen LogP contribution in [0, 0.1) is 11.6 Å². The molecule has 0 bridgehead atoms. The van der Waals surface area contributed by atoms with Gasteiger partial charge < -0.3 is 5.32 Å². The lowest BCUT2D eigenvalue weighted by atomic mass is 10.3. The highest BCUT2D eigenvalue weighted by atomic mass is 32.2. The summed E-state index contributed by atoms with van der Waals surface area (Å²) in [4.78, 5) is 0. The van der Waals surface area contributed by atoms with Gasteiger partial charge in [-0.3, -0.25) is 0 Å². The summed E-state index contributed by atoms with van der Waals surface area (Å²) in [5.41, 5.74) is 0.359. The van der Waals surface area contributed by atoms with Gasteiger partial charge in [-0.05, 0) is 39.0 Å². The van der Waals surface area contributed by atoms with E-state index in [0.717, 1.165) is 12.1 Å². The largest absolute Gasteiger partial charge is 0.384 e. The van der Waals surface area contributed by atoms with Crippen molar-refractivity contribution < 1.29 is 17.2 Å². The van der Waals surface area contributed by atoms with Gasteiger partial charge in [-0.2, -0.15) is 0 Å². The van der Waals surface area contributed by atoms with Gasteiger partial charge in [0.25, 0.3) is 0 Å². The molecule has 0 unspecified atom stereocenters. The molecule has 1 aromatic carbocycles. The zero-order chi connectivity index (χ0) is 14.0. The van der Waals surface area contributed by atoms with Gasteiger partial charge in [0.05, 0.1) is 10.5 Å². The van der Waals surface area contributed by atoms with Gasteiger partial charge in [0.15, 0.2) is 21.5 Å². The number of benzene rings is 1. The topological polar surface area (TPSA) is 46.2 Å². The smallest absolute Gasteiger partial charge is 0.160 e. The van der Waals surface area contributed by atoms with Gasteiger partial charge in [0.2, 0.25) is 0 Å². The van der Waals surface area contributed by atoms with E-state index in [9.17, 15) is 17.2 Å². The molecular formula is C12H17F2NO2S. The Hall–Kier alpha value is -1.17. The fraction of sp³-hybridized carbons (Fsp3) is 0.500. The average Bonchev–Trinajstić information content (AvgIpc) is 2.21. The Morgan fingerprint density at radius 3 is 2.28 bits per heavy atom. The highest BCUT2D eigenvalue weighted by Gasteiger charge is 2.28. The predicted octanol–water partition coefficient (Wildman–Crippen LogP) is 2.59. The first-order valence-corrected chi connectivity index (χ1v) is 7.20. The lowest BCUT2D eigenvalue weighted by molar-refractivity contribution is 0.509. The van der Waals surface area contributed by atoms with Crippen molar-refractivity contribution in [1.82, 2.24) is 0 Å². The molecule has 0 aliphatic carbocycles. The van der Waals surface area contributed by atoms with E-state index in [0.29, 0.717) is 5.69 Å². The zero-order valence-electron chi connectivity index (χ0n) is 10.6. The molecule has 0 atom stereocenters. The quantitative estimate of drug-likeness (QED) is 0.920. The Morgan fingerprint density at radius 1 is 1.17 bits per heavy atom. The Kier molecular flexibility index (Phi) is 4.32. The van der Waals surface area contributed by atoms with Crippen molar-refractivity contribution in [2.75, 3.05) is 17.6 Å². The molecule has 102 valence electrons. The van der Waals surface area contributed by atoms with Crippen molar-refractivity contribution in [2.24, 2.45) is 0 Å². The average molecular weight is 277 g/mol. The molecule has 6 heteroatoms. The molecule has 18 heavy (non-hydrogen) atoms. The summed E-state index contributed by atoms with van der Waals surface area (Å²) in [6.45, 7) is 5.03. The molecule has 0 aromatic heterocycles. The summed E-state index contributed by atoms with van der Waals surface area (Å²) in [6, 6.07) is 3.36. The van der Waals surface area contributed by atoms with Crippen molar-refractivity contribution in [3.63, 3.8) is 0 Å². The van der Waals surface area contributed by atoms with Crippen LogP contribution < -0.4 is 5.32 Å². The first-order valence-electron chi connectivity index (χ1n) is 5.55. The highest BCUT2D eigenvalue weighted by molar-refractivity contribution is 7.92. The number of sulfone groups is 1. The van der Waals surface area contributed by atoms with E-state index in [4.69, 9.17) is 0 Å². The number of halogens is 2. The molecule has 0 amide bonds. The maximum atomic E-state index is 12.9. The molecule has 0 spiro atoms. The Morgan fingerprint density at radius 2 is 1.78 bits per heavy atom. The van der Waals surface area contributed by atoms with Crippen LogP contribution in [0.5, 0.6) is 0 Å². The van der Waals surface area contributed by atoms with E-state index >= 15 is 0 Å². The minimum atomic E-state index is -3.22. The van der Waals surface area contributed by atoms with Gasteiger partial charge in [-0.1, -0.05) is 0 Å². The van der Waals surface area contributed by atoms with E-state index in [1.54, 1.807) is 20.8 Å². The van der Waals surface area contributed by atoms with Crippen LogP contribution in [0.3, 0.4) is 0 Å². The second-order valence-corrected chi connectivity index (χ2v) is 7.85. The maximum absolute atomic E-state index is 12.9. The fourth-order valence-corrected chi connectivity index (χ4v) is 2.23. The third-order valence-corrected chi connectivity index (χ3v) is 5.16. The number of rotatable bonds is 4. The second-order valence-electron chi connectivity index (χ2n) is 4.99. The minimum absolute atomic E-state index is 0.0600. The summed E-state index contributed by atoms with van der Waals surface area (Å²) in [5, 5.41) is 2.76. The third kappa shape index (κ3) is 3.66. The lowest BCUT2D eigenvalue weighted by Gasteiger charge is -2.19. The standard InChI is InChI=1S/C12H17F2NO2S/c1-12(2,3)18(16,17)7-6-15-9-4-5-10(13)11(14)8-9/h4-5,8,15H,6-7H2,1-3H3. The second kappa shape index (κ2) is 5.22. The van der Waals surface area contributed by atoms with Crippen LogP contribution >= 0.6 is 0 Å². The van der Waals surface area contributed by atoms with Crippen LogP contribution in [-0.2, 0) is 9.84 Å². The molecule has 0 aliphatic heterocycles. The highest BCUT2D eigenvalue weighted by Crippen LogP contribution is 2.17. The minimum Gasteiger partial charge on any atom is -0.384 e. The van der Waals surface area contributed by atoms with E-state index < -0.39 is 26.2 Å². The van der Waals surface area contributed by atoms with Crippen LogP contribution in [0.25, 0.3) is 0 Å². The predicted molar refractivity (Wildman–Crippen MR) is 68.4 cm³/mol. The summed E-state index contributed by atoms with van der Waals surface area (Å²) in [6.07, 6.45) is 0.